The van der Waals surface area contributed by atoms with Gasteiger partial charge < -0.3 is 15.1 Å². The summed E-state index contributed by atoms with van der Waals surface area (Å²) in [6.07, 6.45) is 2.79. The third kappa shape index (κ3) is 4.70. The molecule has 1 atom stereocenters. The molecule has 0 saturated heterocycles. The summed E-state index contributed by atoms with van der Waals surface area (Å²) >= 11 is 1.83. The molecule has 134 valence electrons. The van der Waals surface area contributed by atoms with Gasteiger partial charge in [-0.1, -0.05) is 0 Å². The molecule has 6 nitrogen and oxygen atoms in total. The normalized spacial score (nSPS) is 15.4. The number of fused-ring (bicyclic) bond motifs is 1. The predicted octanol–water partition coefficient (Wildman–Crippen LogP) is 2.02. The highest BCUT2D eigenvalue weighted by atomic mass is 32.1. The van der Waals surface area contributed by atoms with Crippen molar-refractivity contribution in [1.82, 2.24) is 15.5 Å². The molecule has 0 radical (unpaired) electrons. The maximum atomic E-state index is 12.0. The lowest BCUT2D eigenvalue weighted by molar-refractivity contribution is -0.121. The fraction of sp³-hybridized carbons (Fsp3) is 0.444. The van der Waals surface area contributed by atoms with Crippen LogP contribution in [0.5, 0.6) is 0 Å². The van der Waals surface area contributed by atoms with E-state index >= 15 is 0 Å². The van der Waals surface area contributed by atoms with Crippen molar-refractivity contribution in [2.75, 3.05) is 19.6 Å². The number of carbonyl (C=O) groups excluding carboxylic acids is 2. The first-order chi connectivity index (χ1) is 12.1. The zero-order valence-corrected chi connectivity index (χ0v) is 15.1. The molecule has 0 saturated carbocycles. The van der Waals surface area contributed by atoms with E-state index in [1.54, 1.807) is 12.1 Å². The molecule has 7 heteroatoms. The number of furan rings is 1. The first-order valence-electron chi connectivity index (χ1n) is 8.51. The molecule has 3 rings (SSSR count). The molecular formula is C18H23N3O3S. The zero-order valence-electron chi connectivity index (χ0n) is 14.3. The van der Waals surface area contributed by atoms with E-state index in [-0.39, 0.29) is 30.0 Å². The predicted molar refractivity (Wildman–Crippen MR) is 96.6 cm³/mol. The number of hydrogen-bond donors (Lipinski definition) is 2. The first kappa shape index (κ1) is 17.7. The van der Waals surface area contributed by atoms with Gasteiger partial charge in [-0.2, -0.15) is 0 Å². The monoisotopic (exact) mass is 361 g/mol. The molecule has 0 aliphatic carbocycles. The molecule has 2 aromatic heterocycles. The van der Waals surface area contributed by atoms with Crippen LogP contribution in [-0.2, 0) is 17.8 Å². The van der Waals surface area contributed by atoms with Crippen molar-refractivity contribution in [2.24, 2.45) is 0 Å². The van der Waals surface area contributed by atoms with Gasteiger partial charge in [-0.05, 0) is 42.5 Å². The Morgan fingerprint density at radius 2 is 2.24 bits per heavy atom. The van der Waals surface area contributed by atoms with Gasteiger partial charge >= 0.3 is 0 Å². The molecule has 0 spiro atoms. The first-order valence-corrected chi connectivity index (χ1v) is 9.39. The summed E-state index contributed by atoms with van der Waals surface area (Å²) in [4.78, 5) is 27.5. The molecular weight excluding hydrogens is 338 g/mol. The van der Waals surface area contributed by atoms with Crippen LogP contribution in [0.15, 0.2) is 34.3 Å². The summed E-state index contributed by atoms with van der Waals surface area (Å²) in [5.41, 5.74) is 1.41. The highest BCUT2D eigenvalue weighted by Gasteiger charge is 2.21. The minimum absolute atomic E-state index is 0.0557. The second-order valence-corrected chi connectivity index (χ2v) is 7.23. The van der Waals surface area contributed by atoms with Gasteiger partial charge in [0, 0.05) is 43.5 Å². The quantitative estimate of drug-likeness (QED) is 0.791. The molecule has 0 aromatic carbocycles. The van der Waals surface area contributed by atoms with E-state index in [9.17, 15) is 9.59 Å². The molecule has 2 N–H and O–H groups in total. The van der Waals surface area contributed by atoms with E-state index in [1.165, 1.54) is 16.7 Å². The molecule has 1 aliphatic rings. The molecule has 0 fully saturated rings. The summed E-state index contributed by atoms with van der Waals surface area (Å²) in [7, 11) is 0. The van der Waals surface area contributed by atoms with Gasteiger partial charge in [-0.3, -0.25) is 14.5 Å². The van der Waals surface area contributed by atoms with Gasteiger partial charge in [0.1, 0.15) is 0 Å². The third-order valence-corrected chi connectivity index (χ3v) is 5.46. The number of nitrogens with zero attached hydrogens (tertiary/aromatic N) is 1. The summed E-state index contributed by atoms with van der Waals surface area (Å²) in [6.45, 7) is 5.03. The maximum Gasteiger partial charge on any atom is 0.286 e. The van der Waals surface area contributed by atoms with Gasteiger partial charge in [-0.25, -0.2) is 0 Å². The standard InChI is InChI=1S/C18H23N3O3S/c1-13(21-8-5-16-14(12-21)6-10-25-16)11-20-17(22)4-7-19-18(23)15-3-2-9-24-15/h2-3,6,9-10,13H,4-5,7-8,11-12H2,1H3,(H,19,23)(H,20,22). The molecule has 0 bridgehead atoms. The van der Waals surface area contributed by atoms with Crippen LogP contribution < -0.4 is 10.6 Å². The zero-order chi connectivity index (χ0) is 17.6. The van der Waals surface area contributed by atoms with Gasteiger partial charge in [0.15, 0.2) is 5.76 Å². The highest BCUT2D eigenvalue weighted by molar-refractivity contribution is 7.10. The lowest BCUT2D eigenvalue weighted by Crippen LogP contribution is -2.44. The molecule has 2 amide bonds. The van der Waals surface area contributed by atoms with E-state index < -0.39 is 0 Å². The van der Waals surface area contributed by atoms with Crippen molar-refractivity contribution in [3.63, 3.8) is 0 Å². The molecule has 1 unspecified atom stereocenters. The summed E-state index contributed by atoms with van der Waals surface area (Å²) in [6, 6.07) is 5.73. The number of nitrogens with one attached hydrogen (secondary N) is 2. The molecule has 3 heterocycles. The van der Waals surface area contributed by atoms with Gasteiger partial charge in [0.05, 0.1) is 6.26 Å². The van der Waals surface area contributed by atoms with Crippen LogP contribution in [-0.4, -0.2) is 42.4 Å². The Morgan fingerprint density at radius 3 is 3.04 bits per heavy atom. The van der Waals surface area contributed by atoms with E-state index in [0.717, 1.165) is 19.5 Å². The summed E-state index contributed by atoms with van der Waals surface area (Å²) < 4.78 is 5.00. The average molecular weight is 361 g/mol. The van der Waals surface area contributed by atoms with E-state index in [0.29, 0.717) is 13.1 Å². The third-order valence-electron chi connectivity index (χ3n) is 4.44. The lowest BCUT2D eigenvalue weighted by Gasteiger charge is -2.32. The van der Waals surface area contributed by atoms with E-state index in [4.69, 9.17) is 4.42 Å². The summed E-state index contributed by atoms with van der Waals surface area (Å²) in [5.74, 6) is -0.0993. The van der Waals surface area contributed by atoms with E-state index in [2.05, 4.69) is 33.9 Å². The fourth-order valence-corrected chi connectivity index (χ4v) is 3.80. The van der Waals surface area contributed by atoms with Crippen molar-refractivity contribution in [1.29, 1.82) is 0 Å². The maximum absolute atomic E-state index is 12.0. The molecule has 1 aliphatic heterocycles. The number of hydrogen-bond acceptors (Lipinski definition) is 5. The van der Waals surface area contributed by atoms with Crippen LogP contribution in [0, 0.1) is 0 Å². The topological polar surface area (TPSA) is 74.6 Å². The SMILES string of the molecule is CC(CNC(=O)CCNC(=O)c1ccco1)N1CCc2sccc2C1. The van der Waals surface area contributed by atoms with Gasteiger partial charge in [0.2, 0.25) is 5.91 Å². The second kappa shape index (κ2) is 8.31. The number of amides is 2. The largest absolute Gasteiger partial charge is 0.459 e. The Kier molecular flexibility index (Phi) is 5.88. The minimum Gasteiger partial charge on any atom is -0.459 e. The van der Waals surface area contributed by atoms with Crippen molar-refractivity contribution >= 4 is 23.2 Å². The van der Waals surface area contributed by atoms with Crippen molar-refractivity contribution in [3.05, 3.63) is 46.0 Å². The number of rotatable bonds is 7. The van der Waals surface area contributed by atoms with Crippen LogP contribution in [0.2, 0.25) is 0 Å². The van der Waals surface area contributed by atoms with Crippen LogP contribution in [0.1, 0.15) is 34.3 Å². The Hall–Kier alpha value is -2.12. The fourth-order valence-electron chi connectivity index (χ4n) is 2.91. The van der Waals surface area contributed by atoms with Crippen LogP contribution >= 0.6 is 11.3 Å². The lowest BCUT2D eigenvalue weighted by atomic mass is 10.1. The van der Waals surface area contributed by atoms with Crippen LogP contribution in [0.25, 0.3) is 0 Å². The number of carbonyl (C=O) groups is 2. The second-order valence-electron chi connectivity index (χ2n) is 6.23. The van der Waals surface area contributed by atoms with Crippen molar-refractivity contribution in [3.8, 4) is 0 Å². The Bertz CT molecular complexity index is 711. The Labute approximate surface area is 151 Å². The Balaban J connectivity index is 1.34. The van der Waals surface area contributed by atoms with Crippen LogP contribution in [0.4, 0.5) is 0 Å². The number of thiophene rings is 1. The minimum atomic E-state index is -0.300. The summed E-state index contributed by atoms with van der Waals surface area (Å²) in [5, 5.41) is 7.78. The van der Waals surface area contributed by atoms with Crippen molar-refractivity contribution in [2.45, 2.75) is 32.4 Å². The molecule has 2 aromatic rings. The highest BCUT2D eigenvalue weighted by Crippen LogP contribution is 2.24. The molecule has 25 heavy (non-hydrogen) atoms. The average Bonchev–Trinajstić information content (AvgIpc) is 3.30. The van der Waals surface area contributed by atoms with Gasteiger partial charge in [0.25, 0.3) is 5.91 Å². The Morgan fingerprint density at radius 1 is 1.36 bits per heavy atom. The van der Waals surface area contributed by atoms with Crippen molar-refractivity contribution < 1.29 is 14.0 Å². The smallest absolute Gasteiger partial charge is 0.286 e. The van der Waals surface area contributed by atoms with E-state index in [1.807, 2.05) is 11.3 Å². The van der Waals surface area contributed by atoms with Gasteiger partial charge in [-0.15, -0.1) is 11.3 Å². The van der Waals surface area contributed by atoms with Crippen LogP contribution in [0.3, 0.4) is 0 Å².